The van der Waals surface area contributed by atoms with E-state index in [0.29, 0.717) is 17.8 Å². The molecule has 2 aliphatic rings. The predicted octanol–water partition coefficient (Wildman–Crippen LogP) is 3.60. The molecule has 3 heteroatoms. The molecule has 0 radical (unpaired) electrons. The molecule has 0 unspecified atom stereocenters. The highest BCUT2D eigenvalue weighted by Gasteiger charge is 2.43. The second-order valence-electron chi connectivity index (χ2n) is 7.05. The standard InChI is InChI=1S/C19H23NO2/c1-11(2)13-5-6-15-14(9-13)10-16(12(3)4)19(15)20-17(21)7-8-18(20)22/h5-9,11-12,16,19H,10H2,1-4H3/t16-,19+/m0/s1. The van der Waals surface area contributed by atoms with Crippen molar-refractivity contribution in [3.63, 3.8) is 0 Å². The van der Waals surface area contributed by atoms with Crippen LogP contribution < -0.4 is 0 Å². The second-order valence-corrected chi connectivity index (χ2v) is 7.05. The van der Waals surface area contributed by atoms with E-state index >= 15 is 0 Å². The molecule has 1 aromatic rings. The summed E-state index contributed by atoms with van der Waals surface area (Å²) in [7, 11) is 0. The van der Waals surface area contributed by atoms with Crippen molar-refractivity contribution >= 4 is 11.8 Å². The zero-order valence-electron chi connectivity index (χ0n) is 13.7. The number of hydrogen-bond donors (Lipinski definition) is 0. The van der Waals surface area contributed by atoms with Crippen LogP contribution in [0.15, 0.2) is 30.4 Å². The summed E-state index contributed by atoms with van der Waals surface area (Å²) < 4.78 is 0. The number of amides is 2. The summed E-state index contributed by atoms with van der Waals surface area (Å²) in [6.45, 7) is 8.72. The Morgan fingerprint density at radius 1 is 1.05 bits per heavy atom. The van der Waals surface area contributed by atoms with E-state index in [1.807, 2.05) is 0 Å². The number of imide groups is 1. The first kappa shape index (κ1) is 15.0. The molecule has 0 saturated carbocycles. The summed E-state index contributed by atoms with van der Waals surface area (Å²) in [6, 6.07) is 6.40. The van der Waals surface area contributed by atoms with E-state index in [4.69, 9.17) is 0 Å². The van der Waals surface area contributed by atoms with Gasteiger partial charge < -0.3 is 0 Å². The van der Waals surface area contributed by atoms with Crippen LogP contribution in [0.1, 0.15) is 56.3 Å². The van der Waals surface area contributed by atoms with Gasteiger partial charge in [-0.2, -0.15) is 0 Å². The van der Waals surface area contributed by atoms with E-state index in [0.717, 1.165) is 12.0 Å². The molecule has 0 aromatic heterocycles. The van der Waals surface area contributed by atoms with Gasteiger partial charge in [-0.05, 0) is 40.9 Å². The Morgan fingerprint density at radius 2 is 1.68 bits per heavy atom. The largest absolute Gasteiger partial charge is 0.269 e. The van der Waals surface area contributed by atoms with Crippen molar-refractivity contribution in [3.05, 3.63) is 47.0 Å². The lowest BCUT2D eigenvalue weighted by Gasteiger charge is -2.31. The first-order valence-corrected chi connectivity index (χ1v) is 8.08. The predicted molar refractivity (Wildman–Crippen MR) is 86.3 cm³/mol. The third-order valence-corrected chi connectivity index (χ3v) is 4.99. The van der Waals surface area contributed by atoms with E-state index in [-0.39, 0.29) is 17.9 Å². The minimum absolute atomic E-state index is 0.119. The molecule has 0 bridgehead atoms. The smallest absolute Gasteiger partial charge is 0.254 e. The summed E-state index contributed by atoms with van der Waals surface area (Å²) in [4.78, 5) is 25.7. The minimum Gasteiger partial charge on any atom is -0.269 e. The van der Waals surface area contributed by atoms with Gasteiger partial charge in [-0.1, -0.05) is 45.9 Å². The molecule has 0 fully saturated rings. The lowest BCUT2D eigenvalue weighted by atomic mass is 9.88. The van der Waals surface area contributed by atoms with Crippen LogP contribution in [0.25, 0.3) is 0 Å². The normalized spacial score (nSPS) is 24.0. The maximum atomic E-state index is 12.1. The molecule has 1 heterocycles. The third-order valence-electron chi connectivity index (χ3n) is 4.99. The van der Waals surface area contributed by atoms with Gasteiger partial charge >= 0.3 is 0 Å². The number of hydrogen-bond acceptors (Lipinski definition) is 2. The van der Waals surface area contributed by atoms with Gasteiger partial charge in [0.15, 0.2) is 0 Å². The van der Waals surface area contributed by atoms with E-state index in [1.54, 1.807) is 0 Å². The van der Waals surface area contributed by atoms with Crippen LogP contribution in [-0.2, 0) is 16.0 Å². The van der Waals surface area contributed by atoms with Gasteiger partial charge in [-0.15, -0.1) is 0 Å². The Hall–Kier alpha value is -1.90. The van der Waals surface area contributed by atoms with Crippen LogP contribution >= 0.6 is 0 Å². The molecule has 0 N–H and O–H groups in total. The van der Waals surface area contributed by atoms with Crippen molar-refractivity contribution in [1.82, 2.24) is 4.90 Å². The lowest BCUT2D eigenvalue weighted by Crippen LogP contribution is -2.38. The lowest BCUT2D eigenvalue weighted by molar-refractivity contribution is -0.141. The van der Waals surface area contributed by atoms with Gasteiger partial charge in [0.05, 0.1) is 6.04 Å². The molecular formula is C19H23NO2. The Morgan fingerprint density at radius 3 is 2.23 bits per heavy atom. The molecule has 2 amide bonds. The van der Waals surface area contributed by atoms with Crippen LogP contribution in [0.4, 0.5) is 0 Å². The summed E-state index contributed by atoms with van der Waals surface area (Å²) in [5.41, 5.74) is 3.76. The van der Waals surface area contributed by atoms with Gasteiger partial charge in [0.1, 0.15) is 0 Å². The number of benzene rings is 1. The van der Waals surface area contributed by atoms with Crippen molar-refractivity contribution in [3.8, 4) is 0 Å². The minimum atomic E-state index is -0.179. The van der Waals surface area contributed by atoms with Crippen molar-refractivity contribution < 1.29 is 9.59 Å². The molecule has 22 heavy (non-hydrogen) atoms. The molecule has 116 valence electrons. The Bertz CT molecular complexity index is 639. The number of nitrogens with zero attached hydrogens (tertiary/aromatic N) is 1. The van der Waals surface area contributed by atoms with Gasteiger partial charge in [-0.3, -0.25) is 14.5 Å². The first-order valence-electron chi connectivity index (χ1n) is 8.08. The molecule has 1 aromatic carbocycles. The Labute approximate surface area is 132 Å². The molecule has 0 spiro atoms. The maximum Gasteiger partial charge on any atom is 0.254 e. The number of rotatable bonds is 3. The van der Waals surface area contributed by atoms with Crippen LogP contribution in [-0.4, -0.2) is 16.7 Å². The van der Waals surface area contributed by atoms with Gasteiger partial charge in [0.2, 0.25) is 0 Å². The molecule has 1 aliphatic carbocycles. The monoisotopic (exact) mass is 297 g/mol. The highest BCUT2D eigenvalue weighted by atomic mass is 16.2. The van der Waals surface area contributed by atoms with Gasteiger partial charge in [0.25, 0.3) is 11.8 Å². The quantitative estimate of drug-likeness (QED) is 0.799. The zero-order chi connectivity index (χ0) is 16.0. The van der Waals surface area contributed by atoms with Crippen LogP contribution in [0.5, 0.6) is 0 Å². The first-order chi connectivity index (χ1) is 10.4. The highest BCUT2D eigenvalue weighted by molar-refractivity contribution is 6.13. The Balaban J connectivity index is 2.05. The van der Waals surface area contributed by atoms with Crippen molar-refractivity contribution in [1.29, 1.82) is 0 Å². The molecule has 1 aliphatic heterocycles. The summed E-state index contributed by atoms with van der Waals surface area (Å²) in [5.74, 6) is 0.841. The summed E-state index contributed by atoms with van der Waals surface area (Å²) >= 11 is 0. The summed E-state index contributed by atoms with van der Waals surface area (Å²) in [6.07, 6.45) is 3.72. The molecule has 3 rings (SSSR count). The number of fused-ring (bicyclic) bond motifs is 1. The van der Waals surface area contributed by atoms with E-state index in [9.17, 15) is 9.59 Å². The maximum absolute atomic E-state index is 12.1. The zero-order valence-corrected chi connectivity index (χ0v) is 13.7. The highest BCUT2D eigenvalue weighted by Crippen LogP contribution is 2.45. The SMILES string of the molecule is CC(C)c1ccc2c(c1)C[C@@H](C(C)C)[C@@H]2N1C(=O)C=CC1=O. The molecular weight excluding hydrogens is 274 g/mol. The average molecular weight is 297 g/mol. The van der Waals surface area contributed by atoms with Crippen molar-refractivity contribution in [2.24, 2.45) is 11.8 Å². The third kappa shape index (κ3) is 2.29. The van der Waals surface area contributed by atoms with Gasteiger partial charge in [0, 0.05) is 12.2 Å². The van der Waals surface area contributed by atoms with E-state index < -0.39 is 0 Å². The second kappa shape index (κ2) is 5.38. The average Bonchev–Trinajstić information content (AvgIpc) is 2.98. The fraction of sp³-hybridized carbons (Fsp3) is 0.474. The molecule has 0 saturated heterocycles. The summed E-state index contributed by atoms with van der Waals surface area (Å²) in [5, 5.41) is 0. The van der Waals surface area contributed by atoms with Gasteiger partial charge in [-0.25, -0.2) is 0 Å². The number of carbonyl (C=O) groups is 2. The van der Waals surface area contributed by atoms with Crippen LogP contribution in [0.3, 0.4) is 0 Å². The molecule has 3 nitrogen and oxygen atoms in total. The Kier molecular flexibility index (Phi) is 3.67. The fourth-order valence-electron chi connectivity index (χ4n) is 3.66. The van der Waals surface area contributed by atoms with Crippen molar-refractivity contribution in [2.75, 3.05) is 0 Å². The van der Waals surface area contributed by atoms with E-state index in [1.165, 1.54) is 28.2 Å². The topological polar surface area (TPSA) is 37.4 Å². The van der Waals surface area contributed by atoms with Crippen LogP contribution in [0.2, 0.25) is 0 Å². The molecule has 2 atom stereocenters. The van der Waals surface area contributed by atoms with Crippen molar-refractivity contribution in [2.45, 2.75) is 46.1 Å². The van der Waals surface area contributed by atoms with Crippen LogP contribution in [0, 0.1) is 11.8 Å². The van der Waals surface area contributed by atoms with E-state index in [2.05, 4.69) is 45.9 Å². The number of carbonyl (C=O) groups excluding carboxylic acids is 2. The fourth-order valence-corrected chi connectivity index (χ4v) is 3.66.